The third-order valence-corrected chi connectivity index (χ3v) is 6.25. The van der Waals surface area contributed by atoms with Crippen molar-refractivity contribution in [2.24, 2.45) is 5.92 Å². The fourth-order valence-electron chi connectivity index (χ4n) is 4.52. The zero-order valence-corrected chi connectivity index (χ0v) is 17.5. The van der Waals surface area contributed by atoms with Crippen molar-refractivity contribution >= 4 is 5.91 Å². The molecule has 1 aromatic carbocycles. The average Bonchev–Trinajstić information content (AvgIpc) is 3.22. The molecule has 6 heteroatoms. The van der Waals surface area contributed by atoms with Gasteiger partial charge in [-0.1, -0.05) is 22.9 Å². The summed E-state index contributed by atoms with van der Waals surface area (Å²) >= 11 is 0. The van der Waals surface area contributed by atoms with Gasteiger partial charge >= 0.3 is 0 Å². The Morgan fingerprint density at radius 2 is 2.03 bits per heavy atom. The number of amides is 1. The Balaban J connectivity index is 1.32. The van der Waals surface area contributed by atoms with Crippen LogP contribution in [-0.2, 0) is 11.2 Å². The molecule has 1 amide bonds. The van der Waals surface area contributed by atoms with Gasteiger partial charge in [-0.15, -0.1) is 0 Å². The number of nitrogens with zero attached hydrogens (tertiary/aromatic N) is 3. The summed E-state index contributed by atoms with van der Waals surface area (Å²) in [5.74, 6) is 2.55. The Hall–Kier alpha value is -2.21. The lowest BCUT2D eigenvalue weighted by Crippen LogP contribution is -2.40. The van der Waals surface area contributed by atoms with Crippen molar-refractivity contribution < 1.29 is 14.1 Å². The average molecular weight is 398 g/mol. The third-order valence-electron chi connectivity index (χ3n) is 6.25. The van der Waals surface area contributed by atoms with Gasteiger partial charge in [0, 0.05) is 44.2 Å². The van der Waals surface area contributed by atoms with Gasteiger partial charge in [0.1, 0.15) is 0 Å². The van der Waals surface area contributed by atoms with Gasteiger partial charge in [-0.2, -0.15) is 4.98 Å². The van der Waals surface area contributed by atoms with Crippen molar-refractivity contribution in [1.82, 2.24) is 15.0 Å². The summed E-state index contributed by atoms with van der Waals surface area (Å²) in [6, 6.07) is 6.07. The molecule has 1 aromatic heterocycles. The van der Waals surface area contributed by atoms with Gasteiger partial charge < -0.3 is 14.2 Å². The van der Waals surface area contributed by atoms with Gasteiger partial charge in [0.2, 0.25) is 5.89 Å². The van der Waals surface area contributed by atoms with E-state index in [0.717, 1.165) is 87.7 Å². The SMILES string of the molecule is Cc1ccc(C(=O)N2CCCC(CCc3noc(C4CCOCC4)n3)C2)c(C)c1. The Kier molecular flexibility index (Phi) is 6.28. The molecule has 2 saturated heterocycles. The molecule has 156 valence electrons. The molecule has 3 heterocycles. The van der Waals surface area contributed by atoms with Gasteiger partial charge in [0.15, 0.2) is 5.82 Å². The van der Waals surface area contributed by atoms with Crippen LogP contribution in [0.15, 0.2) is 22.7 Å². The molecule has 1 unspecified atom stereocenters. The van der Waals surface area contributed by atoms with E-state index in [1.165, 1.54) is 5.56 Å². The highest BCUT2D eigenvalue weighted by Crippen LogP contribution is 2.27. The minimum Gasteiger partial charge on any atom is -0.381 e. The quantitative estimate of drug-likeness (QED) is 0.761. The van der Waals surface area contributed by atoms with Crippen LogP contribution in [0.4, 0.5) is 0 Å². The Morgan fingerprint density at radius 1 is 1.21 bits per heavy atom. The maximum Gasteiger partial charge on any atom is 0.254 e. The largest absolute Gasteiger partial charge is 0.381 e. The number of aryl methyl sites for hydroxylation is 3. The van der Waals surface area contributed by atoms with E-state index in [9.17, 15) is 4.79 Å². The molecule has 0 aliphatic carbocycles. The van der Waals surface area contributed by atoms with Gasteiger partial charge in [-0.05, 0) is 63.5 Å². The zero-order chi connectivity index (χ0) is 20.2. The first kappa shape index (κ1) is 20.1. The summed E-state index contributed by atoms with van der Waals surface area (Å²) in [4.78, 5) is 19.7. The predicted octanol–water partition coefficient (Wildman–Crippen LogP) is 4.07. The second kappa shape index (κ2) is 9.08. The number of piperidine rings is 1. The van der Waals surface area contributed by atoms with Gasteiger partial charge in [0.25, 0.3) is 5.91 Å². The molecule has 0 bridgehead atoms. The molecule has 29 heavy (non-hydrogen) atoms. The van der Waals surface area contributed by atoms with Crippen LogP contribution in [0.1, 0.15) is 71.2 Å². The first-order valence-electron chi connectivity index (χ1n) is 10.9. The van der Waals surface area contributed by atoms with Crippen LogP contribution in [0.25, 0.3) is 0 Å². The van der Waals surface area contributed by atoms with E-state index in [1.54, 1.807) is 0 Å². The maximum absolute atomic E-state index is 13.0. The molecule has 0 radical (unpaired) electrons. The van der Waals surface area contributed by atoms with E-state index in [-0.39, 0.29) is 5.91 Å². The lowest BCUT2D eigenvalue weighted by atomic mass is 9.92. The van der Waals surface area contributed by atoms with Crippen LogP contribution in [0.5, 0.6) is 0 Å². The summed E-state index contributed by atoms with van der Waals surface area (Å²) in [7, 11) is 0. The number of carbonyl (C=O) groups is 1. The summed E-state index contributed by atoms with van der Waals surface area (Å²) in [5, 5.41) is 4.19. The van der Waals surface area contributed by atoms with Crippen LogP contribution in [0.3, 0.4) is 0 Å². The molecule has 2 aliphatic rings. The van der Waals surface area contributed by atoms with E-state index < -0.39 is 0 Å². The Morgan fingerprint density at radius 3 is 2.83 bits per heavy atom. The molecule has 2 fully saturated rings. The monoisotopic (exact) mass is 397 g/mol. The number of hydrogen-bond donors (Lipinski definition) is 0. The maximum atomic E-state index is 13.0. The number of aromatic nitrogens is 2. The molecule has 0 N–H and O–H groups in total. The van der Waals surface area contributed by atoms with Crippen molar-refractivity contribution in [3.63, 3.8) is 0 Å². The Labute approximate surface area is 172 Å². The van der Waals surface area contributed by atoms with E-state index in [1.807, 2.05) is 24.0 Å². The van der Waals surface area contributed by atoms with E-state index in [4.69, 9.17) is 9.26 Å². The van der Waals surface area contributed by atoms with Crippen molar-refractivity contribution in [3.8, 4) is 0 Å². The number of carbonyl (C=O) groups excluding carboxylic acids is 1. The number of ether oxygens (including phenoxy) is 1. The summed E-state index contributed by atoms with van der Waals surface area (Å²) in [6.07, 6.45) is 5.92. The smallest absolute Gasteiger partial charge is 0.254 e. The molecule has 4 rings (SSSR count). The normalized spacial score (nSPS) is 20.8. The van der Waals surface area contributed by atoms with Crippen LogP contribution in [0.2, 0.25) is 0 Å². The first-order valence-corrected chi connectivity index (χ1v) is 10.9. The molecule has 0 saturated carbocycles. The van der Waals surface area contributed by atoms with Crippen molar-refractivity contribution in [2.45, 2.75) is 58.3 Å². The zero-order valence-electron chi connectivity index (χ0n) is 17.5. The summed E-state index contributed by atoms with van der Waals surface area (Å²) in [5.41, 5.74) is 3.08. The highest BCUT2D eigenvalue weighted by Gasteiger charge is 2.26. The lowest BCUT2D eigenvalue weighted by Gasteiger charge is -2.33. The second-order valence-electron chi connectivity index (χ2n) is 8.55. The lowest BCUT2D eigenvalue weighted by molar-refractivity contribution is 0.0667. The van der Waals surface area contributed by atoms with Crippen molar-refractivity contribution in [3.05, 3.63) is 46.6 Å². The molecule has 1 atom stereocenters. The molecule has 2 aliphatic heterocycles. The third kappa shape index (κ3) is 4.86. The first-order chi connectivity index (χ1) is 14.1. The van der Waals surface area contributed by atoms with Crippen LogP contribution in [-0.4, -0.2) is 47.3 Å². The number of hydrogen-bond acceptors (Lipinski definition) is 5. The van der Waals surface area contributed by atoms with Crippen molar-refractivity contribution in [1.29, 1.82) is 0 Å². The predicted molar refractivity (Wildman–Crippen MR) is 110 cm³/mol. The Bertz CT molecular complexity index is 842. The molecular formula is C23H31N3O3. The number of rotatable bonds is 5. The van der Waals surface area contributed by atoms with E-state index in [2.05, 4.69) is 23.1 Å². The van der Waals surface area contributed by atoms with Crippen LogP contribution < -0.4 is 0 Å². The minimum atomic E-state index is 0.161. The number of benzene rings is 1. The molecule has 0 spiro atoms. The molecule has 2 aromatic rings. The van der Waals surface area contributed by atoms with E-state index in [0.29, 0.717) is 11.8 Å². The second-order valence-corrected chi connectivity index (χ2v) is 8.55. The highest BCUT2D eigenvalue weighted by atomic mass is 16.5. The van der Waals surface area contributed by atoms with Crippen molar-refractivity contribution in [2.75, 3.05) is 26.3 Å². The fourth-order valence-corrected chi connectivity index (χ4v) is 4.52. The molecular weight excluding hydrogens is 366 g/mol. The van der Waals surface area contributed by atoms with Crippen LogP contribution in [0, 0.1) is 19.8 Å². The number of likely N-dealkylation sites (tertiary alicyclic amines) is 1. The fraction of sp³-hybridized carbons (Fsp3) is 0.609. The van der Waals surface area contributed by atoms with E-state index >= 15 is 0 Å². The summed E-state index contributed by atoms with van der Waals surface area (Å²) in [6.45, 7) is 7.29. The summed E-state index contributed by atoms with van der Waals surface area (Å²) < 4.78 is 10.9. The topological polar surface area (TPSA) is 68.5 Å². The highest BCUT2D eigenvalue weighted by molar-refractivity contribution is 5.95. The van der Waals surface area contributed by atoms with Gasteiger partial charge in [-0.3, -0.25) is 4.79 Å². The van der Waals surface area contributed by atoms with Crippen LogP contribution >= 0.6 is 0 Å². The molecule has 6 nitrogen and oxygen atoms in total. The standard InChI is InChI=1S/C23H31N3O3/c1-16-5-7-20(17(2)14-16)23(27)26-11-3-4-18(15-26)6-8-21-24-22(29-25-21)19-9-12-28-13-10-19/h5,7,14,18-19H,3-4,6,8-13,15H2,1-2H3. The van der Waals surface area contributed by atoms with Gasteiger partial charge in [-0.25, -0.2) is 0 Å². The minimum absolute atomic E-state index is 0.161. The van der Waals surface area contributed by atoms with Gasteiger partial charge in [0.05, 0.1) is 0 Å².